The molecule has 9 heteroatoms. The Morgan fingerprint density at radius 3 is 2.36 bits per heavy atom. The van der Waals surface area contributed by atoms with Crippen LogP contribution in [0.5, 0.6) is 0 Å². The van der Waals surface area contributed by atoms with Gasteiger partial charge in [0.15, 0.2) is 9.84 Å². The fraction of sp³-hybridized carbons (Fsp3) is 0.842. The molecule has 4 aliphatic rings. The first-order valence-electron chi connectivity index (χ1n) is 10.4. The summed E-state index contributed by atoms with van der Waals surface area (Å²) in [6.45, 7) is 2.68. The number of likely N-dealkylation sites (tertiary alicyclic amines) is 1. The lowest BCUT2D eigenvalue weighted by molar-refractivity contribution is -0.142. The fourth-order valence-corrected chi connectivity index (χ4v) is 7.06. The highest BCUT2D eigenvalue weighted by Crippen LogP contribution is 2.46. The van der Waals surface area contributed by atoms with E-state index < -0.39 is 15.3 Å². The van der Waals surface area contributed by atoms with E-state index in [4.69, 9.17) is 0 Å². The molecule has 28 heavy (non-hydrogen) atoms. The van der Waals surface area contributed by atoms with E-state index in [9.17, 15) is 22.8 Å². The maximum atomic E-state index is 12.7. The van der Waals surface area contributed by atoms with Crippen molar-refractivity contribution in [3.8, 4) is 0 Å². The summed E-state index contributed by atoms with van der Waals surface area (Å²) in [5.41, 5.74) is -0.479. The molecule has 0 radical (unpaired) electrons. The average molecular weight is 412 g/mol. The van der Waals surface area contributed by atoms with Gasteiger partial charge in [-0.15, -0.1) is 0 Å². The summed E-state index contributed by atoms with van der Waals surface area (Å²) in [6, 6.07) is 0.0738. The number of piperazine rings is 1. The van der Waals surface area contributed by atoms with Crippen molar-refractivity contribution < 1.29 is 22.8 Å². The van der Waals surface area contributed by atoms with Crippen LogP contribution in [0.15, 0.2) is 0 Å². The van der Waals surface area contributed by atoms with Crippen LogP contribution in [-0.2, 0) is 24.2 Å². The zero-order valence-corrected chi connectivity index (χ0v) is 17.1. The van der Waals surface area contributed by atoms with Crippen molar-refractivity contribution in [3.05, 3.63) is 0 Å². The topological polar surface area (TPSA) is 95.1 Å². The van der Waals surface area contributed by atoms with Crippen molar-refractivity contribution in [2.24, 2.45) is 5.41 Å². The van der Waals surface area contributed by atoms with E-state index in [0.29, 0.717) is 39.0 Å². The molecule has 3 amide bonds. The molecule has 0 aromatic heterocycles. The third-order valence-electron chi connectivity index (χ3n) is 6.99. The van der Waals surface area contributed by atoms with Crippen molar-refractivity contribution in [1.82, 2.24) is 14.7 Å². The van der Waals surface area contributed by atoms with Crippen molar-refractivity contribution >= 4 is 27.6 Å². The van der Waals surface area contributed by atoms with Crippen molar-refractivity contribution in [3.63, 3.8) is 0 Å². The quantitative estimate of drug-likeness (QED) is 0.606. The lowest BCUT2D eigenvalue weighted by atomic mass is 9.84. The molecule has 1 saturated carbocycles. The number of carbonyl (C=O) groups excluding carboxylic acids is 3. The van der Waals surface area contributed by atoms with E-state index in [0.717, 1.165) is 25.7 Å². The molecule has 0 aromatic carbocycles. The van der Waals surface area contributed by atoms with Gasteiger partial charge >= 0.3 is 0 Å². The largest absolute Gasteiger partial charge is 0.340 e. The summed E-state index contributed by atoms with van der Waals surface area (Å²) in [6.07, 6.45) is 4.74. The number of sulfone groups is 1. The van der Waals surface area contributed by atoms with Gasteiger partial charge in [-0.2, -0.15) is 0 Å². The van der Waals surface area contributed by atoms with Crippen molar-refractivity contribution in [2.45, 2.75) is 51.0 Å². The molecule has 3 saturated heterocycles. The van der Waals surface area contributed by atoms with Gasteiger partial charge < -0.3 is 4.90 Å². The Labute approximate surface area is 166 Å². The van der Waals surface area contributed by atoms with Gasteiger partial charge in [0, 0.05) is 51.6 Å². The third-order valence-corrected chi connectivity index (χ3v) is 8.74. The first-order chi connectivity index (χ1) is 13.3. The van der Waals surface area contributed by atoms with Crippen LogP contribution >= 0.6 is 0 Å². The van der Waals surface area contributed by atoms with E-state index in [1.165, 1.54) is 4.90 Å². The fourth-order valence-electron chi connectivity index (χ4n) is 5.29. The Hall–Kier alpha value is -1.48. The lowest BCUT2D eigenvalue weighted by Crippen LogP contribution is -2.52. The molecule has 3 heterocycles. The van der Waals surface area contributed by atoms with E-state index in [1.54, 1.807) is 4.90 Å². The van der Waals surface area contributed by atoms with Gasteiger partial charge in [0.05, 0.1) is 16.9 Å². The molecule has 1 atom stereocenters. The number of nitrogens with zero attached hydrogens (tertiary/aromatic N) is 3. The number of carbonyl (C=O) groups is 3. The minimum Gasteiger partial charge on any atom is -0.340 e. The maximum Gasteiger partial charge on any atom is 0.235 e. The molecular formula is C19H29N3O5S. The Balaban J connectivity index is 1.25. The molecular weight excluding hydrogens is 382 g/mol. The van der Waals surface area contributed by atoms with Crippen LogP contribution in [0, 0.1) is 5.41 Å². The van der Waals surface area contributed by atoms with Gasteiger partial charge in [0.25, 0.3) is 0 Å². The molecule has 3 aliphatic heterocycles. The van der Waals surface area contributed by atoms with Crippen LogP contribution in [0.1, 0.15) is 44.9 Å². The first kappa shape index (κ1) is 19.8. The summed E-state index contributed by atoms with van der Waals surface area (Å²) in [5, 5.41) is 0. The minimum absolute atomic E-state index is 0.0355. The highest BCUT2D eigenvalue weighted by Gasteiger charge is 2.52. The Morgan fingerprint density at radius 1 is 1.07 bits per heavy atom. The van der Waals surface area contributed by atoms with Gasteiger partial charge in [0.1, 0.15) is 0 Å². The number of hydrogen-bond donors (Lipinski definition) is 0. The predicted octanol–water partition coefficient (Wildman–Crippen LogP) is 0.0271. The number of hydrogen-bond acceptors (Lipinski definition) is 6. The molecule has 8 nitrogen and oxygen atoms in total. The highest BCUT2D eigenvalue weighted by molar-refractivity contribution is 7.91. The normalized spacial score (nSPS) is 29.9. The smallest absolute Gasteiger partial charge is 0.235 e. The van der Waals surface area contributed by atoms with Crippen LogP contribution in [0.2, 0.25) is 0 Å². The van der Waals surface area contributed by atoms with Crippen LogP contribution in [-0.4, -0.2) is 91.1 Å². The summed E-state index contributed by atoms with van der Waals surface area (Å²) >= 11 is 0. The third kappa shape index (κ3) is 3.70. The Kier molecular flexibility index (Phi) is 5.24. The van der Waals surface area contributed by atoms with Crippen molar-refractivity contribution in [2.75, 3.05) is 44.2 Å². The second-order valence-electron chi connectivity index (χ2n) is 8.74. The van der Waals surface area contributed by atoms with Crippen LogP contribution in [0.4, 0.5) is 0 Å². The number of imide groups is 1. The molecule has 0 unspecified atom stereocenters. The number of rotatable bonds is 4. The monoisotopic (exact) mass is 411 g/mol. The van der Waals surface area contributed by atoms with Crippen LogP contribution < -0.4 is 0 Å². The molecule has 1 aliphatic carbocycles. The molecule has 0 N–H and O–H groups in total. The standard InChI is InChI=1S/C19H29N3O5S/c23-16(3-7-22-17(24)13-19(18(22)25)5-1-2-6-19)21-10-8-20(9-11-21)15-4-12-28(26,27)14-15/h15H,1-14H2/t15-/m0/s1. The van der Waals surface area contributed by atoms with E-state index in [-0.39, 0.29) is 48.2 Å². The minimum atomic E-state index is -2.90. The zero-order chi connectivity index (χ0) is 19.9. The summed E-state index contributed by atoms with van der Waals surface area (Å²) < 4.78 is 23.3. The second kappa shape index (κ2) is 7.40. The molecule has 0 bridgehead atoms. The zero-order valence-electron chi connectivity index (χ0n) is 16.3. The van der Waals surface area contributed by atoms with Gasteiger partial charge in [-0.05, 0) is 19.3 Å². The molecule has 1 spiro atoms. The summed E-state index contributed by atoms with van der Waals surface area (Å²) in [7, 11) is -2.90. The highest BCUT2D eigenvalue weighted by atomic mass is 32.2. The van der Waals surface area contributed by atoms with Gasteiger partial charge in [-0.3, -0.25) is 24.2 Å². The van der Waals surface area contributed by atoms with Crippen LogP contribution in [0.3, 0.4) is 0 Å². The van der Waals surface area contributed by atoms with E-state index in [1.807, 2.05) is 0 Å². The maximum absolute atomic E-state index is 12.7. The van der Waals surface area contributed by atoms with E-state index >= 15 is 0 Å². The predicted molar refractivity (Wildman–Crippen MR) is 102 cm³/mol. The molecule has 0 aromatic rings. The molecule has 4 fully saturated rings. The molecule has 156 valence electrons. The number of amides is 3. The van der Waals surface area contributed by atoms with Gasteiger partial charge in [-0.1, -0.05) is 12.8 Å². The van der Waals surface area contributed by atoms with Crippen molar-refractivity contribution in [1.29, 1.82) is 0 Å². The Bertz CT molecular complexity index is 766. The average Bonchev–Trinajstić information content (AvgIpc) is 3.34. The first-order valence-corrected chi connectivity index (χ1v) is 12.2. The van der Waals surface area contributed by atoms with Gasteiger partial charge in [-0.25, -0.2) is 8.42 Å². The molecule has 4 rings (SSSR count). The van der Waals surface area contributed by atoms with E-state index in [2.05, 4.69) is 4.90 Å². The SMILES string of the molecule is O=C(CCN1C(=O)CC2(CCCC2)C1=O)N1CCN([C@H]2CCS(=O)(=O)C2)CC1. The Morgan fingerprint density at radius 2 is 1.75 bits per heavy atom. The summed E-state index contributed by atoms with van der Waals surface area (Å²) in [5.74, 6) is 0.242. The summed E-state index contributed by atoms with van der Waals surface area (Å²) in [4.78, 5) is 42.8. The lowest BCUT2D eigenvalue weighted by Gasteiger charge is -2.37. The van der Waals surface area contributed by atoms with Crippen LogP contribution in [0.25, 0.3) is 0 Å². The second-order valence-corrected chi connectivity index (χ2v) is 11.0. The van der Waals surface area contributed by atoms with Gasteiger partial charge in [0.2, 0.25) is 17.7 Å².